The van der Waals surface area contributed by atoms with Crippen LogP contribution in [0.15, 0.2) is 58.5 Å². The number of aromatic hydroxyl groups is 1. The molecule has 0 unspecified atom stereocenters. The van der Waals surface area contributed by atoms with Gasteiger partial charge in [0.2, 0.25) is 10.0 Å². The summed E-state index contributed by atoms with van der Waals surface area (Å²) < 4.78 is 26.6. The zero-order valence-corrected chi connectivity index (χ0v) is 15.7. The van der Waals surface area contributed by atoms with Gasteiger partial charge < -0.3 is 5.11 Å². The van der Waals surface area contributed by atoms with Crippen molar-refractivity contribution in [2.75, 3.05) is 13.1 Å². The maximum Gasteiger partial charge on any atom is 0.271 e. The number of nitrogens with zero attached hydrogens (tertiary/aromatic N) is 2. The van der Waals surface area contributed by atoms with Crippen LogP contribution in [-0.4, -0.2) is 42.5 Å². The molecule has 3 rings (SSSR count). The Morgan fingerprint density at radius 3 is 2.15 bits per heavy atom. The first kappa shape index (κ1) is 19.1. The highest BCUT2D eigenvalue weighted by Gasteiger charge is 2.26. The van der Waals surface area contributed by atoms with E-state index in [-0.39, 0.29) is 10.6 Å². The molecule has 1 saturated heterocycles. The molecule has 8 heteroatoms. The average molecular weight is 387 g/mol. The largest absolute Gasteiger partial charge is 0.508 e. The second-order valence-electron chi connectivity index (χ2n) is 6.32. The monoisotopic (exact) mass is 387 g/mol. The van der Waals surface area contributed by atoms with Crippen molar-refractivity contribution in [2.45, 2.75) is 24.7 Å². The Morgan fingerprint density at radius 1 is 1.00 bits per heavy atom. The topological polar surface area (TPSA) is 99.1 Å². The van der Waals surface area contributed by atoms with Crippen molar-refractivity contribution >= 4 is 21.6 Å². The van der Waals surface area contributed by atoms with Crippen LogP contribution < -0.4 is 5.43 Å². The average Bonchev–Trinajstić information content (AvgIpc) is 3.22. The normalized spacial score (nSPS) is 15.7. The van der Waals surface area contributed by atoms with Crippen LogP contribution in [0.5, 0.6) is 5.75 Å². The van der Waals surface area contributed by atoms with Crippen LogP contribution in [0, 0.1) is 0 Å². The van der Waals surface area contributed by atoms with Crippen molar-refractivity contribution in [1.29, 1.82) is 0 Å². The first-order valence-electron chi connectivity index (χ1n) is 8.62. The molecule has 0 bridgehead atoms. The number of carbonyl (C=O) groups is 1. The van der Waals surface area contributed by atoms with E-state index in [2.05, 4.69) is 10.5 Å². The number of benzene rings is 2. The number of phenolic OH excluding ortho intramolecular Hbond substituents is 1. The van der Waals surface area contributed by atoms with Gasteiger partial charge in [-0.1, -0.05) is 12.1 Å². The molecule has 1 amide bonds. The van der Waals surface area contributed by atoms with E-state index in [0.717, 1.165) is 12.8 Å². The number of phenols is 1. The van der Waals surface area contributed by atoms with Gasteiger partial charge in [0.05, 0.1) is 10.6 Å². The molecule has 27 heavy (non-hydrogen) atoms. The Bertz CT molecular complexity index is 945. The van der Waals surface area contributed by atoms with E-state index in [1.165, 1.54) is 28.6 Å². The molecule has 2 aromatic carbocycles. The Labute approximate surface area is 158 Å². The molecule has 0 spiro atoms. The standard InChI is InChI=1S/C19H21N3O4S/c1-14(20-21-19(24)16-4-8-17(23)9-5-16)15-6-10-18(11-7-15)27(25,26)22-12-2-3-13-22/h4-11,23H,2-3,12-13H2,1H3,(H,21,24)/b20-14+. The van der Waals surface area contributed by atoms with Gasteiger partial charge in [0.15, 0.2) is 0 Å². The van der Waals surface area contributed by atoms with Gasteiger partial charge in [0.1, 0.15) is 5.75 Å². The summed E-state index contributed by atoms with van der Waals surface area (Å²) in [6.07, 6.45) is 1.79. The molecule has 0 radical (unpaired) electrons. The third kappa shape index (κ3) is 4.35. The number of rotatable bonds is 5. The van der Waals surface area contributed by atoms with Gasteiger partial charge in [-0.3, -0.25) is 4.79 Å². The number of hydrogen-bond donors (Lipinski definition) is 2. The lowest BCUT2D eigenvalue weighted by Gasteiger charge is -2.15. The third-order valence-electron chi connectivity index (χ3n) is 4.43. The highest BCUT2D eigenvalue weighted by Crippen LogP contribution is 2.21. The third-order valence-corrected chi connectivity index (χ3v) is 6.34. The van der Waals surface area contributed by atoms with Gasteiger partial charge in [-0.15, -0.1) is 0 Å². The fourth-order valence-corrected chi connectivity index (χ4v) is 4.34. The van der Waals surface area contributed by atoms with Crippen LogP contribution in [0.4, 0.5) is 0 Å². The van der Waals surface area contributed by atoms with Crippen molar-refractivity contribution in [3.05, 3.63) is 59.7 Å². The van der Waals surface area contributed by atoms with E-state index in [9.17, 15) is 18.3 Å². The van der Waals surface area contributed by atoms with Crippen molar-refractivity contribution in [3.8, 4) is 5.75 Å². The fourth-order valence-electron chi connectivity index (χ4n) is 2.82. The van der Waals surface area contributed by atoms with Gasteiger partial charge in [-0.25, -0.2) is 13.8 Å². The van der Waals surface area contributed by atoms with Gasteiger partial charge in [0, 0.05) is 18.7 Å². The maximum absolute atomic E-state index is 12.5. The Hall–Kier alpha value is -2.71. The Morgan fingerprint density at radius 2 is 1.56 bits per heavy atom. The van der Waals surface area contributed by atoms with Crippen LogP contribution in [0.3, 0.4) is 0 Å². The van der Waals surface area contributed by atoms with E-state index < -0.39 is 15.9 Å². The molecular weight excluding hydrogens is 366 g/mol. The second kappa shape index (κ2) is 7.89. The lowest BCUT2D eigenvalue weighted by molar-refractivity contribution is 0.0955. The molecule has 1 fully saturated rings. The summed E-state index contributed by atoms with van der Waals surface area (Å²) in [6.45, 7) is 2.85. The molecule has 1 aliphatic rings. The molecule has 142 valence electrons. The van der Waals surface area contributed by atoms with E-state index in [0.29, 0.717) is 29.9 Å². The summed E-state index contributed by atoms with van der Waals surface area (Å²) in [5.74, 6) is -0.321. The van der Waals surface area contributed by atoms with E-state index in [1.54, 1.807) is 31.2 Å². The smallest absolute Gasteiger partial charge is 0.271 e. The first-order valence-corrected chi connectivity index (χ1v) is 10.1. The molecule has 1 aliphatic heterocycles. The second-order valence-corrected chi connectivity index (χ2v) is 8.26. The molecule has 0 aromatic heterocycles. The van der Waals surface area contributed by atoms with Crippen LogP contribution in [-0.2, 0) is 10.0 Å². The van der Waals surface area contributed by atoms with Crippen LogP contribution >= 0.6 is 0 Å². The minimum absolute atomic E-state index is 0.0789. The summed E-state index contributed by atoms with van der Waals surface area (Å²) in [5.41, 5.74) is 4.08. The number of amides is 1. The SMILES string of the molecule is C/C(=N\NC(=O)c1ccc(O)cc1)c1ccc(S(=O)(=O)N2CCCC2)cc1. The van der Waals surface area contributed by atoms with Gasteiger partial charge in [0.25, 0.3) is 5.91 Å². The Balaban J connectivity index is 1.69. The summed E-state index contributed by atoms with van der Waals surface area (Å²) in [4.78, 5) is 12.3. The molecule has 0 saturated carbocycles. The van der Waals surface area contributed by atoms with Crippen molar-refractivity contribution in [3.63, 3.8) is 0 Å². The quantitative estimate of drug-likeness (QED) is 0.608. The minimum atomic E-state index is -3.44. The molecular formula is C19H21N3O4S. The summed E-state index contributed by atoms with van der Waals surface area (Å²) in [6, 6.07) is 12.3. The zero-order valence-electron chi connectivity index (χ0n) is 14.9. The van der Waals surface area contributed by atoms with Gasteiger partial charge in [-0.2, -0.15) is 9.41 Å². The number of hydrogen-bond acceptors (Lipinski definition) is 5. The van der Waals surface area contributed by atoms with E-state index >= 15 is 0 Å². The van der Waals surface area contributed by atoms with E-state index in [1.807, 2.05) is 0 Å². The molecule has 1 heterocycles. The zero-order chi connectivity index (χ0) is 19.4. The molecule has 2 N–H and O–H groups in total. The highest BCUT2D eigenvalue weighted by molar-refractivity contribution is 7.89. The molecule has 7 nitrogen and oxygen atoms in total. The minimum Gasteiger partial charge on any atom is -0.508 e. The van der Waals surface area contributed by atoms with Gasteiger partial charge >= 0.3 is 0 Å². The fraction of sp³-hybridized carbons (Fsp3) is 0.263. The van der Waals surface area contributed by atoms with Crippen LogP contribution in [0.2, 0.25) is 0 Å². The van der Waals surface area contributed by atoms with Crippen LogP contribution in [0.25, 0.3) is 0 Å². The number of hydrazone groups is 1. The lowest BCUT2D eigenvalue weighted by atomic mass is 10.1. The number of carbonyl (C=O) groups excluding carboxylic acids is 1. The predicted molar refractivity (Wildman–Crippen MR) is 102 cm³/mol. The van der Waals surface area contributed by atoms with Crippen LogP contribution in [0.1, 0.15) is 35.7 Å². The molecule has 0 aliphatic carbocycles. The van der Waals surface area contributed by atoms with Crippen molar-refractivity contribution in [1.82, 2.24) is 9.73 Å². The summed E-state index contributed by atoms with van der Waals surface area (Å²) in [5, 5.41) is 13.3. The van der Waals surface area contributed by atoms with Crippen molar-refractivity contribution in [2.24, 2.45) is 5.10 Å². The molecule has 0 atom stereocenters. The molecule has 2 aromatic rings. The summed E-state index contributed by atoms with van der Waals surface area (Å²) >= 11 is 0. The number of nitrogens with one attached hydrogen (secondary N) is 1. The highest BCUT2D eigenvalue weighted by atomic mass is 32.2. The summed E-state index contributed by atoms with van der Waals surface area (Å²) in [7, 11) is -3.44. The lowest BCUT2D eigenvalue weighted by Crippen LogP contribution is -2.27. The first-order chi connectivity index (χ1) is 12.9. The maximum atomic E-state index is 12.5. The Kier molecular flexibility index (Phi) is 5.57. The predicted octanol–water partition coefficient (Wildman–Crippen LogP) is 2.33. The van der Waals surface area contributed by atoms with Crippen molar-refractivity contribution < 1.29 is 18.3 Å². The number of sulfonamides is 1. The van der Waals surface area contributed by atoms with Gasteiger partial charge in [-0.05, 0) is 61.7 Å². The van der Waals surface area contributed by atoms with E-state index in [4.69, 9.17) is 0 Å².